The van der Waals surface area contributed by atoms with Gasteiger partial charge in [0.15, 0.2) is 0 Å². The molecule has 3 aliphatic carbocycles. The zero-order valence-corrected chi connectivity index (χ0v) is 13.4. The molecule has 0 aliphatic heterocycles. The zero-order valence-electron chi connectivity index (χ0n) is 13.4. The highest BCUT2D eigenvalue weighted by Gasteiger charge is 2.48. The van der Waals surface area contributed by atoms with Crippen LogP contribution < -0.4 is 5.32 Å². The van der Waals surface area contributed by atoms with Gasteiger partial charge < -0.3 is 5.32 Å². The van der Waals surface area contributed by atoms with Gasteiger partial charge in [0, 0.05) is 6.04 Å². The molecule has 0 radical (unpaired) electrons. The van der Waals surface area contributed by atoms with Crippen LogP contribution in [-0.2, 0) is 0 Å². The van der Waals surface area contributed by atoms with E-state index < -0.39 is 0 Å². The van der Waals surface area contributed by atoms with Crippen LogP contribution in [0, 0.1) is 17.8 Å². The van der Waals surface area contributed by atoms with Gasteiger partial charge in [0.05, 0.1) is 0 Å². The molecule has 1 aromatic rings. The maximum absolute atomic E-state index is 3.91. The summed E-state index contributed by atoms with van der Waals surface area (Å²) in [5.41, 5.74) is 3.31. The molecule has 0 bridgehead atoms. The molecule has 1 heteroatoms. The third kappa shape index (κ3) is 2.65. The van der Waals surface area contributed by atoms with Gasteiger partial charge in [-0.2, -0.15) is 0 Å². The lowest BCUT2D eigenvalue weighted by Gasteiger charge is -2.33. The summed E-state index contributed by atoms with van der Waals surface area (Å²) in [7, 11) is 0. The molecule has 3 atom stereocenters. The summed E-state index contributed by atoms with van der Waals surface area (Å²) in [5, 5.41) is 3.91. The lowest BCUT2D eigenvalue weighted by Crippen LogP contribution is -2.30. The van der Waals surface area contributed by atoms with E-state index >= 15 is 0 Å². The van der Waals surface area contributed by atoms with Gasteiger partial charge in [-0.3, -0.25) is 0 Å². The Bertz CT molecular complexity index is 480. The van der Waals surface area contributed by atoms with Gasteiger partial charge in [-0.1, -0.05) is 37.6 Å². The van der Waals surface area contributed by atoms with Gasteiger partial charge >= 0.3 is 0 Å². The van der Waals surface area contributed by atoms with Crippen LogP contribution in [0.3, 0.4) is 0 Å². The van der Waals surface area contributed by atoms with Gasteiger partial charge in [-0.15, -0.1) is 0 Å². The lowest BCUT2D eigenvalue weighted by atomic mass is 9.75. The maximum Gasteiger partial charge on any atom is 0.0351 e. The van der Waals surface area contributed by atoms with Crippen LogP contribution in [0.1, 0.15) is 75.0 Å². The first-order valence-corrected chi connectivity index (χ1v) is 9.19. The van der Waals surface area contributed by atoms with E-state index in [1.165, 1.54) is 44.9 Å². The second-order valence-corrected chi connectivity index (χ2v) is 7.68. The van der Waals surface area contributed by atoms with Gasteiger partial charge in [-0.25, -0.2) is 0 Å². The first-order valence-electron chi connectivity index (χ1n) is 9.19. The van der Waals surface area contributed by atoms with Crippen molar-refractivity contribution >= 4 is 0 Å². The summed E-state index contributed by atoms with van der Waals surface area (Å²) in [6, 6.07) is 9.96. The van der Waals surface area contributed by atoms with Gasteiger partial charge in [0.25, 0.3) is 0 Å². The average Bonchev–Trinajstić information content (AvgIpc) is 3.06. The van der Waals surface area contributed by atoms with Crippen LogP contribution in [0.2, 0.25) is 0 Å². The van der Waals surface area contributed by atoms with Crippen molar-refractivity contribution in [2.45, 2.75) is 63.8 Å². The Kier molecular flexibility index (Phi) is 3.79. The largest absolute Gasteiger partial charge is 0.310 e. The van der Waals surface area contributed by atoms with Crippen molar-refractivity contribution < 1.29 is 0 Å². The molecule has 0 spiro atoms. The van der Waals surface area contributed by atoms with Crippen LogP contribution >= 0.6 is 0 Å². The van der Waals surface area contributed by atoms with Crippen LogP contribution in [-0.4, -0.2) is 6.54 Å². The molecule has 114 valence electrons. The zero-order chi connectivity index (χ0) is 14.2. The molecular formula is C20H29N. The summed E-state index contributed by atoms with van der Waals surface area (Å²) in [5.74, 6) is 3.90. The number of hydrogen-bond donors (Lipinski definition) is 1. The van der Waals surface area contributed by atoms with E-state index in [1.807, 2.05) is 0 Å². The summed E-state index contributed by atoms with van der Waals surface area (Å²) in [4.78, 5) is 0. The quantitative estimate of drug-likeness (QED) is 0.771. The van der Waals surface area contributed by atoms with Crippen molar-refractivity contribution in [1.29, 1.82) is 0 Å². The fraction of sp³-hybridized carbons (Fsp3) is 0.700. The van der Waals surface area contributed by atoms with Crippen LogP contribution in [0.5, 0.6) is 0 Å². The Morgan fingerprint density at radius 2 is 1.86 bits per heavy atom. The molecule has 1 nitrogen and oxygen atoms in total. The minimum atomic E-state index is 0.620. The van der Waals surface area contributed by atoms with Crippen molar-refractivity contribution in [1.82, 2.24) is 5.32 Å². The smallest absolute Gasteiger partial charge is 0.0351 e. The predicted molar refractivity (Wildman–Crippen MR) is 88.4 cm³/mol. The highest BCUT2D eigenvalue weighted by Crippen LogP contribution is 2.57. The maximum atomic E-state index is 3.91. The molecule has 3 fully saturated rings. The van der Waals surface area contributed by atoms with Crippen molar-refractivity contribution in [2.24, 2.45) is 17.8 Å². The SMILES string of the molecule is CCCNC(c1ccccc1C1CCC1)C1CC2CC2C1. The van der Waals surface area contributed by atoms with Crippen molar-refractivity contribution in [3.63, 3.8) is 0 Å². The Hall–Kier alpha value is -0.820. The molecule has 3 saturated carbocycles. The Morgan fingerprint density at radius 3 is 2.52 bits per heavy atom. The molecule has 0 aromatic heterocycles. The summed E-state index contributed by atoms with van der Waals surface area (Å²) in [6.07, 6.45) is 9.97. The number of benzene rings is 1. The van der Waals surface area contributed by atoms with E-state index in [1.54, 1.807) is 11.1 Å². The van der Waals surface area contributed by atoms with Crippen molar-refractivity contribution in [3.8, 4) is 0 Å². The van der Waals surface area contributed by atoms with Crippen molar-refractivity contribution in [3.05, 3.63) is 35.4 Å². The Balaban J connectivity index is 1.59. The van der Waals surface area contributed by atoms with E-state index in [9.17, 15) is 0 Å². The van der Waals surface area contributed by atoms with Gasteiger partial charge in [0.1, 0.15) is 0 Å². The molecule has 4 rings (SSSR count). The Labute approximate surface area is 129 Å². The molecule has 1 N–H and O–H groups in total. The number of rotatable bonds is 6. The van der Waals surface area contributed by atoms with Crippen LogP contribution in [0.25, 0.3) is 0 Å². The average molecular weight is 283 g/mol. The topological polar surface area (TPSA) is 12.0 Å². The first kappa shape index (κ1) is 13.8. The first-order chi connectivity index (χ1) is 10.4. The fourth-order valence-electron chi connectivity index (χ4n) is 4.75. The lowest BCUT2D eigenvalue weighted by molar-refractivity contribution is 0.333. The highest BCUT2D eigenvalue weighted by atomic mass is 14.9. The number of fused-ring (bicyclic) bond motifs is 1. The third-order valence-corrected chi connectivity index (χ3v) is 6.24. The van der Waals surface area contributed by atoms with E-state index in [0.29, 0.717) is 6.04 Å². The molecule has 21 heavy (non-hydrogen) atoms. The molecule has 1 aromatic carbocycles. The van der Waals surface area contributed by atoms with E-state index in [4.69, 9.17) is 0 Å². The van der Waals surface area contributed by atoms with Gasteiger partial charge in [0.2, 0.25) is 0 Å². The normalized spacial score (nSPS) is 32.5. The molecular weight excluding hydrogens is 254 g/mol. The summed E-state index contributed by atoms with van der Waals surface area (Å²) < 4.78 is 0. The molecule has 3 unspecified atom stereocenters. The molecule has 3 aliphatic rings. The summed E-state index contributed by atoms with van der Waals surface area (Å²) >= 11 is 0. The second kappa shape index (κ2) is 5.76. The van der Waals surface area contributed by atoms with Crippen molar-refractivity contribution in [2.75, 3.05) is 6.54 Å². The number of nitrogens with one attached hydrogen (secondary N) is 1. The standard InChI is InChI=1S/C20H29N/c1-2-10-21-20(17-12-15-11-16(15)13-17)19-9-4-3-8-18(19)14-6-5-7-14/h3-4,8-9,14-17,20-21H,2,5-7,10-13H2,1H3. The Morgan fingerprint density at radius 1 is 1.10 bits per heavy atom. The number of hydrogen-bond acceptors (Lipinski definition) is 1. The fourth-order valence-corrected chi connectivity index (χ4v) is 4.75. The molecule has 0 amide bonds. The summed E-state index contributed by atoms with van der Waals surface area (Å²) in [6.45, 7) is 3.45. The van der Waals surface area contributed by atoms with E-state index in [0.717, 1.165) is 30.2 Å². The monoisotopic (exact) mass is 283 g/mol. The predicted octanol–water partition coefficient (Wildman–Crippen LogP) is 5.04. The van der Waals surface area contributed by atoms with Crippen LogP contribution in [0.15, 0.2) is 24.3 Å². The van der Waals surface area contributed by atoms with E-state index in [-0.39, 0.29) is 0 Å². The third-order valence-electron chi connectivity index (χ3n) is 6.24. The van der Waals surface area contributed by atoms with E-state index in [2.05, 4.69) is 36.5 Å². The minimum absolute atomic E-state index is 0.620. The molecule has 0 saturated heterocycles. The minimum Gasteiger partial charge on any atom is -0.310 e. The second-order valence-electron chi connectivity index (χ2n) is 7.68. The highest BCUT2D eigenvalue weighted by molar-refractivity contribution is 5.35. The van der Waals surface area contributed by atoms with Crippen LogP contribution in [0.4, 0.5) is 0 Å². The molecule has 0 heterocycles. The van der Waals surface area contributed by atoms with Gasteiger partial charge in [-0.05, 0) is 79.9 Å².